The van der Waals surface area contributed by atoms with Gasteiger partial charge in [0.05, 0.1) is 11.3 Å². The smallest absolute Gasteiger partial charge is 0.257 e. The molecular formula is C19H24N4O2. The maximum atomic E-state index is 12.4. The van der Waals surface area contributed by atoms with Crippen LogP contribution in [0, 0.1) is 12.8 Å². The summed E-state index contributed by atoms with van der Waals surface area (Å²) < 4.78 is 0. The van der Waals surface area contributed by atoms with Crippen molar-refractivity contribution >= 4 is 11.8 Å². The van der Waals surface area contributed by atoms with Crippen molar-refractivity contribution in [1.82, 2.24) is 20.2 Å². The van der Waals surface area contributed by atoms with Crippen LogP contribution in [0.3, 0.4) is 0 Å². The number of rotatable bonds is 5. The zero-order chi connectivity index (χ0) is 18.6. The lowest BCUT2D eigenvalue weighted by atomic mass is 10.0. The summed E-state index contributed by atoms with van der Waals surface area (Å²) in [5.74, 6) is 0.457. The third-order valence-corrected chi connectivity index (χ3v) is 3.76. The van der Waals surface area contributed by atoms with Gasteiger partial charge in [-0.1, -0.05) is 38.1 Å². The van der Waals surface area contributed by atoms with E-state index in [0.717, 1.165) is 11.1 Å². The Morgan fingerprint density at radius 1 is 1.16 bits per heavy atom. The fraction of sp³-hybridized carbons (Fsp3) is 0.368. The maximum absolute atomic E-state index is 12.4. The van der Waals surface area contributed by atoms with E-state index in [1.807, 2.05) is 38.1 Å². The molecule has 0 atom stereocenters. The minimum atomic E-state index is -0.136. The van der Waals surface area contributed by atoms with E-state index in [1.54, 1.807) is 27.2 Å². The molecule has 1 aromatic heterocycles. The third kappa shape index (κ3) is 4.62. The quantitative estimate of drug-likeness (QED) is 0.907. The van der Waals surface area contributed by atoms with Crippen molar-refractivity contribution in [2.75, 3.05) is 14.1 Å². The number of carbonyl (C=O) groups excluding carboxylic acids is 2. The molecule has 1 heterocycles. The highest BCUT2D eigenvalue weighted by molar-refractivity contribution is 5.99. The van der Waals surface area contributed by atoms with Crippen molar-refractivity contribution in [1.29, 1.82) is 0 Å². The second-order valence-electron chi connectivity index (χ2n) is 6.45. The second kappa shape index (κ2) is 7.88. The molecule has 1 aromatic carbocycles. The van der Waals surface area contributed by atoms with Gasteiger partial charge in [-0.05, 0) is 12.5 Å². The Morgan fingerprint density at radius 3 is 2.36 bits per heavy atom. The van der Waals surface area contributed by atoms with E-state index in [-0.39, 0.29) is 17.7 Å². The molecule has 0 aliphatic rings. The summed E-state index contributed by atoms with van der Waals surface area (Å²) in [5, 5.41) is 2.89. The van der Waals surface area contributed by atoms with Gasteiger partial charge in [-0.3, -0.25) is 9.59 Å². The molecule has 6 heteroatoms. The monoisotopic (exact) mass is 340 g/mol. The number of nitrogens with zero attached hydrogens (tertiary/aromatic N) is 3. The summed E-state index contributed by atoms with van der Waals surface area (Å²) in [7, 11) is 3.40. The van der Waals surface area contributed by atoms with Gasteiger partial charge in [0.15, 0.2) is 0 Å². The second-order valence-corrected chi connectivity index (χ2v) is 6.45. The lowest BCUT2D eigenvalue weighted by molar-refractivity contribution is -0.124. The van der Waals surface area contributed by atoms with Crippen LogP contribution in [-0.2, 0) is 11.3 Å². The third-order valence-electron chi connectivity index (χ3n) is 3.76. The van der Waals surface area contributed by atoms with E-state index >= 15 is 0 Å². The molecular weight excluding hydrogens is 316 g/mol. The Morgan fingerprint density at radius 2 is 1.80 bits per heavy atom. The Kier molecular flexibility index (Phi) is 5.85. The Balaban J connectivity index is 2.26. The molecule has 6 nitrogen and oxygen atoms in total. The summed E-state index contributed by atoms with van der Waals surface area (Å²) in [6, 6.07) is 7.67. The van der Waals surface area contributed by atoms with E-state index in [4.69, 9.17) is 0 Å². The van der Waals surface area contributed by atoms with Crippen LogP contribution in [0.2, 0.25) is 0 Å². The van der Waals surface area contributed by atoms with Crippen molar-refractivity contribution in [3.8, 4) is 11.3 Å². The highest BCUT2D eigenvalue weighted by atomic mass is 16.2. The molecule has 0 saturated carbocycles. The van der Waals surface area contributed by atoms with E-state index in [9.17, 15) is 9.59 Å². The van der Waals surface area contributed by atoms with Crippen molar-refractivity contribution in [2.24, 2.45) is 5.92 Å². The molecule has 132 valence electrons. The van der Waals surface area contributed by atoms with Gasteiger partial charge in [0, 0.05) is 38.3 Å². The summed E-state index contributed by atoms with van der Waals surface area (Å²) in [4.78, 5) is 34.1. The number of hydrogen-bond donors (Lipinski definition) is 1. The minimum absolute atomic E-state index is 0.0226. The highest BCUT2D eigenvalue weighted by Crippen LogP contribution is 2.22. The number of amides is 2. The molecule has 25 heavy (non-hydrogen) atoms. The van der Waals surface area contributed by atoms with Crippen LogP contribution in [-0.4, -0.2) is 40.8 Å². The first-order chi connectivity index (χ1) is 11.8. The van der Waals surface area contributed by atoms with Crippen molar-refractivity contribution in [3.05, 3.63) is 47.4 Å². The van der Waals surface area contributed by atoms with Crippen molar-refractivity contribution < 1.29 is 9.59 Å². The Bertz CT molecular complexity index is 767. The summed E-state index contributed by atoms with van der Waals surface area (Å²) >= 11 is 0. The molecule has 0 spiro atoms. The molecule has 0 fully saturated rings. The lowest BCUT2D eigenvalue weighted by Gasteiger charge is -2.14. The number of benzene rings is 1. The van der Waals surface area contributed by atoms with Crippen LogP contribution in [0.1, 0.15) is 35.6 Å². The van der Waals surface area contributed by atoms with Gasteiger partial charge in [-0.2, -0.15) is 0 Å². The van der Waals surface area contributed by atoms with Crippen LogP contribution in [0.25, 0.3) is 11.3 Å². The lowest BCUT2D eigenvalue weighted by Crippen LogP contribution is -2.27. The number of aryl methyl sites for hydroxylation is 1. The molecule has 0 aliphatic heterocycles. The summed E-state index contributed by atoms with van der Waals surface area (Å²) in [6.07, 6.45) is 1.57. The van der Waals surface area contributed by atoms with Crippen molar-refractivity contribution in [2.45, 2.75) is 27.3 Å². The summed E-state index contributed by atoms with van der Waals surface area (Å²) in [5.41, 5.74) is 2.92. The van der Waals surface area contributed by atoms with Gasteiger partial charge >= 0.3 is 0 Å². The molecule has 2 rings (SSSR count). The zero-order valence-electron chi connectivity index (χ0n) is 15.3. The van der Waals surface area contributed by atoms with E-state index < -0.39 is 0 Å². The van der Waals surface area contributed by atoms with Gasteiger partial charge in [0.25, 0.3) is 5.91 Å². The van der Waals surface area contributed by atoms with Gasteiger partial charge in [0.1, 0.15) is 5.82 Å². The predicted octanol–water partition coefficient (Wildman–Crippen LogP) is 2.43. The Labute approximate surface area is 148 Å². The molecule has 1 N–H and O–H groups in total. The van der Waals surface area contributed by atoms with Crippen LogP contribution in [0.4, 0.5) is 0 Å². The zero-order valence-corrected chi connectivity index (χ0v) is 15.3. The number of hydrogen-bond acceptors (Lipinski definition) is 4. The average Bonchev–Trinajstić information content (AvgIpc) is 2.59. The molecule has 2 amide bonds. The maximum Gasteiger partial charge on any atom is 0.257 e. The summed E-state index contributed by atoms with van der Waals surface area (Å²) in [6.45, 7) is 5.99. The molecule has 0 radical (unpaired) electrons. The first kappa shape index (κ1) is 18.6. The van der Waals surface area contributed by atoms with E-state index in [2.05, 4.69) is 15.3 Å². The first-order valence-corrected chi connectivity index (χ1v) is 8.22. The highest BCUT2D eigenvalue weighted by Gasteiger charge is 2.17. The SMILES string of the molecule is Cc1ncc(C(=O)N(C)C)c(-c2ccc(CNC(=O)C(C)C)cc2)n1. The van der Waals surface area contributed by atoms with Crippen LogP contribution < -0.4 is 5.32 Å². The van der Waals surface area contributed by atoms with Crippen LogP contribution >= 0.6 is 0 Å². The topological polar surface area (TPSA) is 75.2 Å². The fourth-order valence-corrected chi connectivity index (χ4v) is 2.26. The van der Waals surface area contributed by atoms with Crippen molar-refractivity contribution in [3.63, 3.8) is 0 Å². The van der Waals surface area contributed by atoms with E-state index in [1.165, 1.54) is 4.90 Å². The van der Waals surface area contributed by atoms with Gasteiger partial charge in [-0.25, -0.2) is 9.97 Å². The molecule has 0 aliphatic carbocycles. The molecule has 0 bridgehead atoms. The largest absolute Gasteiger partial charge is 0.352 e. The molecule has 0 saturated heterocycles. The van der Waals surface area contributed by atoms with Gasteiger partial charge in [0.2, 0.25) is 5.91 Å². The fourth-order valence-electron chi connectivity index (χ4n) is 2.26. The molecule has 0 unspecified atom stereocenters. The number of nitrogens with one attached hydrogen (secondary N) is 1. The average molecular weight is 340 g/mol. The number of aromatic nitrogens is 2. The van der Waals surface area contributed by atoms with Gasteiger partial charge in [-0.15, -0.1) is 0 Å². The van der Waals surface area contributed by atoms with Gasteiger partial charge < -0.3 is 10.2 Å². The molecule has 2 aromatic rings. The number of carbonyl (C=O) groups is 2. The normalized spacial score (nSPS) is 10.6. The van der Waals surface area contributed by atoms with E-state index in [0.29, 0.717) is 23.6 Å². The van der Waals surface area contributed by atoms with Crippen LogP contribution in [0.5, 0.6) is 0 Å². The standard InChI is InChI=1S/C19H24N4O2/c1-12(2)18(24)21-10-14-6-8-15(9-7-14)17-16(19(25)23(4)5)11-20-13(3)22-17/h6-9,11-12H,10H2,1-5H3,(H,21,24). The predicted molar refractivity (Wildman–Crippen MR) is 96.9 cm³/mol. The Hall–Kier alpha value is -2.76. The minimum Gasteiger partial charge on any atom is -0.352 e. The van der Waals surface area contributed by atoms with Crippen LogP contribution in [0.15, 0.2) is 30.5 Å². The first-order valence-electron chi connectivity index (χ1n) is 8.22.